The quantitative estimate of drug-likeness (QED) is 0.666. The molecule has 0 aliphatic carbocycles. The predicted octanol–water partition coefficient (Wildman–Crippen LogP) is 0.176. The summed E-state index contributed by atoms with van der Waals surface area (Å²) in [6, 6.07) is 6.00. The zero-order valence-corrected chi connectivity index (χ0v) is 8.21. The third-order valence-electron chi connectivity index (χ3n) is 1.47. The van der Waals surface area contributed by atoms with Crippen molar-refractivity contribution in [3.8, 4) is 0 Å². The molecule has 0 fully saturated rings. The number of sulfonamides is 1. The summed E-state index contributed by atoms with van der Waals surface area (Å²) in [6.07, 6.45) is 0. The minimum absolute atomic E-state index is 0.0313. The van der Waals surface area contributed by atoms with Gasteiger partial charge in [-0.15, -0.1) is 0 Å². The van der Waals surface area contributed by atoms with E-state index >= 15 is 0 Å². The second-order valence-corrected chi connectivity index (χ2v) is 4.28. The maximum atomic E-state index is 11.0. The van der Waals surface area contributed by atoms with Crippen LogP contribution in [0.25, 0.3) is 0 Å². The van der Waals surface area contributed by atoms with E-state index in [1.54, 1.807) is 12.1 Å². The average molecular weight is 213 g/mol. The summed E-state index contributed by atoms with van der Waals surface area (Å²) in [5, 5.41) is 7.63. The lowest BCUT2D eigenvalue weighted by Crippen LogP contribution is -2.13. The number of benzene rings is 1. The third-order valence-corrected chi connectivity index (χ3v) is 2.38. The largest absolute Gasteiger partial charge is 0.386 e. The van der Waals surface area contributed by atoms with Gasteiger partial charge in [-0.05, 0) is 18.2 Å². The first-order chi connectivity index (χ1) is 6.39. The number of nitrogens with one attached hydrogen (secondary N) is 1. The molecular formula is C8H11N3O2S. The Kier molecular flexibility index (Phi) is 2.78. The van der Waals surface area contributed by atoms with Crippen molar-refractivity contribution in [2.45, 2.75) is 4.90 Å². The molecule has 0 spiro atoms. The van der Waals surface area contributed by atoms with Crippen molar-refractivity contribution in [3.63, 3.8) is 0 Å². The maximum Gasteiger partial charge on any atom is 0.238 e. The Morgan fingerprint density at radius 1 is 1.43 bits per heavy atom. The molecule has 0 atom stereocenters. The summed E-state index contributed by atoms with van der Waals surface area (Å²) >= 11 is 0. The predicted molar refractivity (Wildman–Crippen MR) is 54.8 cm³/mol. The Bertz CT molecular complexity index is 453. The molecule has 0 aliphatic rings. The van der Waals surface area contributed by atoms with Crippen molar-refractivity contribution in [1.29, 1.82) is 0 Å². The summed E-state index contributed by atoms with van der Waals surface area (Å²) in [5.41, 5.74) is 5.83. The first kappa shape index (κ1) is 10.6. The maximum absolute atomic E-state index is 11.0. The standard InChI is InChI=1S/C8H11N3O2S/c1-6(9)11-7-3-2-4-8(5-7)14(10,12)13/h2-5,11H,1,9H2,(H2,10,12,13). The minimum Gasteiger partial charge on any atom is -0.386 e. The summed E-state index contributed by atoms with van der Waals surface area (Å²) in [5.74, 6) is 0.233. The van der Waals surface area contributed by atoms with Gasteiger partial charge in [0.1, 0.15) is 0 Å². The van der Waals surface area contributed by atoms with Gasteiger partial charge in [0.15, 0.2) is 0 Å². The molecule has 1 aromatic rings. The molecule has 0 heterocycles. The van der Waals surface area contributed by atoms with E-state index in [2.05, 4.69) is 11.9 Å². The fourth-order valence-corrected chi connectivity index (χ4v) is 1.50. The van der Waals surface area contributed by atoms with Crippen molar-refractivity contribution in [2.75, 3.05) is 5.32 Å². The smallest absolute Gasteiger partial charge is 0.238 e. The first-order valence-electron chi connectivity index (χ1n) is 3.74. The molecule has 0 aliphatic heterocycles. The molecule has 6 heteroatoms. The van der Waals surface area contributed by atoms with Gasteiger partial charge >= 0.3 is 0 Å². The Balaban J connectivity index is 3.08. The molecule has 5 nitrogen and oxygen atoms in total. The van der Waals surface area contributed by atoms with Gasteiger partial charge in [0.05, 0.1) is 10.7 Å². The lowest BCUT2D eigenvalue weighted by molar-refractivity contribution is 0.598. The molecule has 76 valence electrons. The molecule has 14 heavy (non-hydrogen) atoms. The normalized spacial score (nSPS) is 10.9. The lowest BCUT2D eigenvalue weighted by atomic mass is 10.3. The second-order valence-electron chi connectivity index (χ2n) is 2.72. The summed E-state index contributed by atoms with van der Waals surface area (Å²) < 4.78 is 21.9. The molecule has 1 rings (SSSR count). The molecule has 0 amide bonds. The van der Waals surface area contributed by atoms with Crippen molar-refractivity contribution >= 4 is 15.7 Å². The van der Waals surface area contributed by atoms with Crippen LogP contribution < -0.4 is 16.2 Å². The molecule has 0 saturated heterocycles. The van der Waals surface area contributed by atoms with Crippen LogP contribution in [0.5, 0.6) is 0 Å². The highest BCUT2D eigenvalue weighted by molar-refractivity contribution is 7.89. The van der Waals surface area contributed by atoms with Crippen molar-refractivity contribution < 1.29 is 8.42 Å². The van der Waals surface area contributed by atoms with Gasteiger partial charge in [-0.25, -0.2) is 13.6 Å². The number of hydrogen-bond acceptors (Lipinski definition) is 4. The van der Waals surface area contributed by atoms with E-state index in [0.29, 0.717) is 5.69 Å². The summed E-state index contributed by atoms with van der Waals surface area (Å²) in [4.78, 5) is 0.0313. The molecule has 5 N–H and O–H groups in total. The summed E-state index contributed by atoms with van der Waals surface area (Å²) in [7, 11) is -3.67. The SMILES string of the molecule is C=C(N)Nc1cccc(S(N)(=O)=O)c1. The average Bonchev–Trinajstić information content (AvgIpc) is 2.01. The van der Waals surface area contributed by atoms with Gasteiger partial charge in [-0.1, -0.05) is 12.6 Å². The molecule has 1 aromatic carbocycles. The molecule has 0 saturated carbocycles. The lowest BCUT2D eigenvalue weighted by Gasteiger charge is -2.05. The fraction of sp³-hybridized carbons (Fsp3) is 0. The van der Waals surface area contributed by atoms with Gasteiger partial charge in [0, 0.05) is 5.69 Å². The van der Waals surface area contributed by atoms with Crippen LogP contribution >= 0.6 is 0 Å². The van der Waals surface area contributed by atoms with E-state index in [9.17, 15) is 8.42 Å². The van der Waals surface area contributed by atoms with Crippen LogP contribution in [0, 0.1) is 0 Å². The fourth-order valence-electron chi connectivity index (χ4n) is 0.936. The molecular weight excluding hydrogens is 202 g/mol. The van der Waals surface area contributed by atoms with Gasteiger partial charge < -0.3 is 11.1 Å². The Morgan fingerprint density at radius 2 is 2.07 bits per heavy atom. The van der Waals surface area contributed by atoms with Crippen LogP contribution in [0.1, 0.15) is 0 Å². The van der Waals surface area contributed by atoms with Gasteiger partial charge in [0.25, 0.3) is 0 Å². The van der Waals surface area contributed by atoms with E-state index in [0.717, 1.165) is 0 Å². The topological polar surface area (TPSA) is 98.2 Å². The van der Waals surface area contributed by atoms with Gasteiger partial charge in [-0.2, -0.15) is 0 Å². The van der Waals surface area contributed by atoms with Crippen LogP contribution in [-0.4, -0.2) is 8.42 Å². The van der Waals surface area contributed by atoms with Crippen molar-refractivity contribution in [3.05, 3.63) is 36.7 Å². The number of primary sulfonamides is 1. The van der Waals surface area contributed by atoms with Gasteiger partial charge in [0.2, 0.25) is 10.0 Å². The van der Waals surface area contributed by atoms with Crippen LogP contribution in [0.4, 0.5) is 5.69 Å². The highest BCUT2D eigenvalue weighted by Gasteiger charge is 2.07. The Morgan fingerprint density at radius 3 is 2.57 bits per heavy atom. The zero-order chi connectivity index (χ0) is 10.8. The number of nitrogens with two attached hydrogens (primary N) is 2. The summed E-state index contributed by atoms with van der Waals surface area (Å²) in [6.45, 7) is 3.43. The minimum atomic E-state index is -3.67. The zero-order valence-electron chi connectivity index (χ0n) is 7.40. The number of rotatable bonds is 3. The second kappa shape index (κ2) is 3.69. The van der Waals surface area contributed by atoms with E-state index in [-0.39, 0.29) is 10.7 Å². The van der Waals surface area contributed by atoms with E-state index in [1.807, 2.05) is 0 Å². The number of hydrogen-bond donors (Lipinski definition) is 3. The highest BCUT2D eigenvalue weighted by atomic mass is 32.2. The highest BCUT2D eigenvalue weighted by Crippen LogP contribution is 2.14. The van der Waals surface area contributed by atoms with E-state index in [4.69, 9.17) is 10.9 Å². The number of anilines is 1. The molecule has 0 bridgehead atoms. The Hall–Kier alpha value is -1.53. The first-order valence-corrected chi connectivity index (χ1v) is 5.28. The van der Waals surface area contributed by atoms with Crippen LogP contribution in [0.3, 0.4) is 0 Å². The molecule has 0 aromatic heterocycles. The van der Waals surface area contributed by atoms with Crippen molar-refractivity contribution in [2.24, 2.45) is 10.9 Å². The van der Waals surface area contributed by atoms with Crippen LogP contribution in [0.2, 0.25) is 0 Å². The Labute approximate surface area is 82.5 Å². The van der Waals surface area contributed by atoms with Gasteiger partial charge in [-0.3, -0.25) is 0 Å². The third kappa shape index (κ3) is 2.75. The van der Waals surface area contributed by atoms with Crippen LogP contribution in [-0.2, 0) is 10.0 Å². The monoisotopic (exact) mass is 213 g/mol. The van der Waals surface area contributed by atoms with Crippen molar-refractivity contribution in [1.82, 2.24) is 0 Å². The van der Waals surface area contributed by atoms with Crippen LogP contribution in [0.15, 0.2) is 41.6 Å². The van der Waals surface area contributed by atoms with E-state index < -0.39 is 10.0 Å². The van der Waals surface area contributed by atoms with E-state index in [1.165, 1.54) is 12.1 Å². The molecule has 0 unspecified atom stereocenters. The molecule has 0 radical (unpaired) electrons.